The molecule has 1 aliphatic carbocycles. The summed E-state index contributed by atoms with van der Waals surface area (Å²) in [6.07, 6.45) is 7.11. The van der Waals surface area contributed by atoms with Crippen LogP contribution in [0.4, 0.5) is 0 Å². The van der Waals surface area contributed by atoms with E-state index in [4.69, 9.17) is 0 Å². The topological polar surface area (TPSA) is 17.1 Å². The van der Waals surface area contributed by atoms with Gasteiger partial charge in [-0.1, -0.05) is 25.2 Å². The van der Waals surface area contributed by atoms with Gasteiger partial charge in [0.2, 0.25) is 0 Å². The average Bonchev–Trinajstić information content (AvgIpc) is 2.34. The number of rotatable bonds is 2. The van der Waals surface area contributed by atoms with Crippen LogP contribution in [0.25, 0.3) is 0 Å². The third-order valence-corrected chi connectivity index (χ3v) is 1.79. The van der Waals surface area contributed by atoms with Crippen LogP contribution in [0.2, 0.25) is 0 Å². The van der Waals surface area contributed by atoms with Gasteiger partial charge < -0.3 is 0 Å². The zero-order chi connectivity index (χ0) is 7.56. The fraction of sp³-hybridized carbons (Fsp3) is 0.444. The van der Waals surface area contributed by atoms with E-state index in [1.807, 2.05) is 12.2 Å². The van der Waals surface area contributed by atoms with Crippen LogP contribution >= 0.6 is 0 Å². The Morgan fingerprint density at radius 1 is 1.70 bits per heavy atom. The van der Waals surface area contributed by atoms with Crippen molar-refractivity contribution in [3.8, 4) is 0 Å². The first-order valence-corrected chi connectivity index (χ1v) is 3.65. The van der Waals surface area contributed by atoms with Gasteiger partial charge in [-0.05, 0) is 19.3 Å². The summed E-state index contributed by atoms with van der Waals surface area (Å²) in [5.74, 6) is 0.672. The summed E-state index contributed by atoms with van der Waals surface area (Å²) in [6, 6.07) is 0. The molecule has 1 aliphatic rings. The molecule has 0 radical (unpaired) electrons. The molecule has 0 saturated heterocycles. The quantitative estimate of drug-likeness (QED) is 0.568. The molecule has 0 fully saturated rings. The van der Waals surface area contributed by atoms with E-state index >= 15 is 0 Å². The summed E-state index contributed by atoms with van der Waals surface area (Å²) in [6.45, 7) is 3.72. The van der Waals surface area contributed by atoms with E-state index in [1.165, 1.54) is 0 Å². The van der Waals surface area contributed by atoms with E-state index in [2.05, 4.69) is 13.0 Å². The van der Waals surface area contributed by atoms with Gasteiger partial charge >= 0.3 is 0 Å². The Hall–Kier alpha value is -0.850. The van der Waals surface area contributed by atoms with Crippen molar-refractivity contribution in [2.24, 2.45) is 5.92 Å². The molecule has 0 aromatic carbocycles. The summed E-state index contributed by atoms with van der Waals surface area (Å²) < 4.78 is 0. The number of carbonyl (C=O) groups excluding carboxylic acids is 1. The molecule has 0 aromatic heterocycles. The van der Waals surface area contributed by atoms with Gasteiger partial charge in [-0.3, -0.25) is 4.79 Å². The molecular formula is C9H12O. The van der Waals surface area contributed by atoms with Gasteiger partial charge in [-0.25, -0.2) is 0 Å². The molecule has 0 saturated carbocycles. The lowest BCUT2D eigenvalue weighted by Gasteiger charge is -1.95. The largest absolute Gasteiger partial charge is 0.295 e. The molecule has 0 spiro atoms. The first-order chi connectivity index (χ1) is 4.74. The Kier molecular flexibility index (Phi) is 2.05. The smallest absolute Gasteiger partial charge is 0.159 e. The first-order valence-electron chi connectivity index (χ1n) is 3.65. The molecule has 1 atom stereocenters. The molecule has 10 heavy (non-hydrogen) atoms. The van der Waals surface area contributed by atoms with Crippen molar-refractivity contribution in [1.82, 2.24) is 0 Å². The highest BCUT2D eigenvalue weighted by Gasteiger charge is 2.09. The van der Waals surface area contributed by atoms with Crippen LogP contribution in [0.5, 0.6) is 0 Å². The minimum absolute atomic E-state index is 0.173. The third kappa shape index (κ3) is 1.35. The fourth-order valence-electron chi connectivity index (χ4n) is 1.06. The number of ketones is 1. The van der Waals surface area contributed by atoms with Gasteiger partial charge in [0.05, 0.1) is 0 Å². The Morgan fingerprint density at radius 2 is 2.40 bits per heavy atom. The van der Waals surface area contributed by atoms with Gasteiger partial charge in [0.25, 0.3) is 0 Å². The summed E-state index contributed by atoms with van der Waals surface area (Å²) in [5, 5.41) is 0. The standard InChI is InChI=1S/C9H12O/c1-3-8-4-5-9(6-8)7(2)10/h4-6,8H,3H2,1-2H3. The van der Waals surface area contributed by atoms with E-state index < -0.39 is 0 Å². The second-order valence-corrected chi connectivity index (χ2v) is 2.61. The number of hydrogen-bond acceptors (Lipinski definition) is 1. The monoisotopic (exact) mass is 136 g/mol. The fourth-order valence-corrected chi connectivity index (χ4v) is 1.06. The van der Waals surface area contributed by atoms with Crippen LogP contribution < -0.4 is 0 Å². The zero-order valence-corrected chi connectivity index (χ0v) is 6.42. The minimum Gasteiger partial charge on any atom is -0.295 e. The van der Waals surface area contributed by atoms with Crippen molar-refractivity contribution in [3.05, 3.63) is 23.8 Å². The van der Waals surface area contributed by atoms with E-state index in [0.29, 0.717) is 5.92 Å². The SMILES string of the molecule is CCC1C=CC(C(C)=O)=C1. The summed E-state index contributed by atoms with van der Waals surface area (Å²) in [7, 11) is 0. The Morgan fingerprint density at radius 3 is 2.70 bits per heavy atom. The lowest BCUT2D eigenvalue weighted by atomic mass is 10.1. The molecule has 54 valence electrons. The number of carbonyl (C=O) groups is 1. The van der Waals surface area contributed by atoms with E-state index in [1.54, 1.807) is 6.92 Å². The van der Waals surface area contributed by atoms with Crippen molar-refractivity contribution in [3.63, 3.8) is 0 Å². The number of hydrogen-bond donors (Lipinski definition) is 0. The maximum Gasteiger partial charge on any atom is 0.159 e. The van der Waals surface area contributed by atoms with Crippen molar-refractivity contribution >= 4 is 5.78 Å². The zero-order valence-electron chi connectivity index (χ0n) is 6.42. The van der Waals surface area contributed by atoms with Gasteiger partial charge in [0, 0.05) is 5.57 Å². The highest BCUT2D eigenvalue weighted by atomic mass is 16.1. The minimum atomic E-state index is 0.173. The number of Topliss-reactive ketones (excluding diaryl/α,β-unsaturated/α-hetero) is 1. The molecule has 0 aromatic rings. The van der Waals surface area contributed by atoms with Crippen LogP contribution in [0.15, 0.2) is 23.8 Å². The van der Waals surface area contributed by atoms with Gasteiger partial charge in [-0.2, -0.15) is 0 Å². The van der Waals surface area contributed by atoms with E-state index in [0.717, 1.165) is 12.0 Å². The summed E-state index contributed by atoms with van der Waals surface area (Å²) in [5.41, 5.74) is 0.867. The molecule has 0 heterocycles. The molecule has 0 N–H and O–H groups in total. The van der Waals surface area contributed by atoms with Crippen LogP contribution in [0.3, 0.4) is 0 Å². The predicted octanol–water partition coefficient (Wildman–Crippen LogP) is 2.10. The molecular weight excluding hydrogens is 124 g/mol. The van der Waals surface area contributed by atoms with E-state index in [9.17, 15) is 4.79 Å². The van der Waals surface area contributed by atoms with Gasteiger partial charge in [-0.15, -0.1) is 0 Å². The lowest BCUT2D eigenvalue weighted by Crippen LogP contribution is -1.91. The van der Waals surface area contributed by atoms with Crippen molar-refractivity contribution in [1.29, 1.82) is 0 Å². The maximum absolute atomic E-state index is 10.8. The van der Waals surface area contributed by atoms with Crippen molar-refractivity contribution in [2.45, 2.75) is 20.3 Å². The molecule has 0 aliphatic heterocycles. The predicted molar refractivity (Wildman–Crippen MR) is 41.7 cm³/mol. The molecule has 1 rings (SSSR count). The third-order valence-electron chi connectivity index (χ3n) is 1.79. The van der Waals surface area contributed by atoms with Crippen LogP contribution in [0.1, 0.15) is 20.3 Å². The highest BCUT2D eigenvalue weighted by molar-refractivity contribution is 5.96. The Labute approximate surface area is 61.4 Å². The van der Waals surface area contributed by atoms with Crippen LogP contribution in [-0.2, 0) is 4.79 Å². The normalized spacial score (nSPS) is 23.0. The molecule has 1 unspecified atom stereocenters. The van der Waals surface area contributed by atoms with Crippen molar-refractivity contribution in [2.75, 3.05) is 0 Å². The Balaban J connectivity index is 2.68. The van der Waals surface area contributed by atoms with Crippen LogP contribution in [0, 0.1) is 5.92 Å². The second kappa shape index (κ2) is 2.82. The molecule has 1 heteroatoms. The summed E-state index contributed by atoms with van der Waals surface area (Å²) >= 11 is 0. The second-order valence-electron chi connectivity index (χ2n) is 2.61. The number of allylic oxidation sites excluding steroid dienone is 4. The van der Waals surface area contributed by atoms with Gasteiger partial charge in [0.1, 0.15) is 0 Å². The Bertz CT molecular complexity index is 199. The lowest BCUT2D eigenvalue weighted by molar-refractivity contribution is -0.113. The summed E-state index contributed by atoms with van der Waals surface area (Å²) in [4.78, 5) is 10.8. The van der Waals surface area contributed by atoms with Gasteiger partial charge in [0.15, 0.2) is 5.78 Å². The van der Waals surface area contributed by atoms with Crippen LogP contribution in [-0.4, -0.2) is 5.78 Å². The maximum atomic E-state index is 10.8. The highest BCUT2D eigenvalue weighted by Crippen LogP contribution is 2.18. The van der Waals surface area contributed by atoms with E-state index in [-0.39, 0.29) is 5.78 Å². The molecule has 0 bridgehead atoms. The molecule has 1 nitrogen and oxygen atoms in total. The first kappa shape index (κ1) is 7.26. The molecule has 0 amide bonds. The average molecular weight is 136 g/mol. The van der Waals surface area contributed by atoms with Crippen molar-refractivity contribution < 1.29 is 4.79 Å².